The van der Waals surface area contributed by atoms with Gasteiger partial charge in [-0.2, -0.15) is 0 Å². The number of carbonyl (C=O) groups excluding carboxylic acids is 3. The first kappa shape index (κ1) is 14.9. The summed E-state index contributed by atoms with van der Waals surface area (Å²) in [6.07, 6.45) is 5.88. The molecule has 0 aromatic carbocycles. The van der Waals surface area contributed by atoms with E-state index in [1.54, 1.807) is 22.9 Å². The summed E-state index contributed by atoms with van der Waals surface area (Å²) in [5.74, 6) is -0.272. The van der Waals surface area contributed by atoms with Crippen LogP contribution in [0.25, 0.3) is 5.78 Å². The lowest BCUT2D eigenvalue weighted by Crippen LogP contribution is -2.42. The molecule has 9 heteroatoms. The smallest absolute Gasteiger partial charge is 0.325 e. The average Bonchev–Trinajstić information content (AvgIpc) is 3.10. The predicted octanol–water partition coefficient (Wildman–Crippen LogP) is -0.152. The average molecular weight is 316 g/mol. The highest BCUT2D eigenvalue weighted by Crippen LogP contribution is 2.16. The van der Waals surface area contributed by atoms with Gasteiger partial charge >= 0.3 is 6.03 Å². The molecule has 0 radical (unpaired) electrons. The molecule has 2 aromatic rings. The van der Waals surface area contributed by atoms with Crippen molar-refractivity contribution in [2.75, 3.05) is 13.1 Å². The molecule has 1 atom stereocenters. The molecule has 4 amide bonds. The third-order valence-electron chi connectivity index (χ3n) is 3.59. The molecule has 0 spiro atoms. The summed E-state index contributed by atoms with van der Waals surface area (Å²) in [7, 11) is 0. The molecule has 1 saturated heterocycles. The minimum atomic E-state index is -0.546. The maximum Gasteiger partial charge on any atom is 0.325 e. The number of carbonyl (C=O) groups is 3. The van der Waals surface area contributed by atoms with Crippen LogP contribution in [0.1, 0.15) is 25.1 Å². The van der Waals surface area contributed by atoms with Crippen LogP contribution in [-0.4, -0.2) is 50.2 Å². The van der Waals surface area contributed by atoms with E-state index >= 15 is 0 Å². The quantitative estimate of drug-likeness (QED) is 0.746. The van der Waals surface area contributed by atoms with Gasteiger partial charge in [0.2, 0.25) is 11.7 Å². The fourth-order valence-electron chi connectivity index (χ4n) is 2.40. The molecule has 0 aliphatic carbocycles. The van der Waals surface area contributed by atoms with E-state index in [9.17, 15) is 14.4 Å². The number of amides is 4. The van der Waals surface area contributed by atoms with Gasteiger partial charge in [0.25, 0.3) is 5.91 Å². The Labute approximate surface area is 131 Å². The predicted molar refractivity (Wildman–Crippen MR) is 79.3 cm³/mol. The van der Waals surface area contributed by atoms with Gasteiger partial charge in [-0.3, -0.25) is 18.9 Å². The summed E-state index contributed by atoms with van der Waals surface area (Å²) in [4.78, 5) is 44.5. The van der Waals surface area contributed by atoms with Crippen LogP contribution in [0.2, 0.25) is 0 Å². The van der Waals surface area contributed by atoms with Crippen LogP contribution in [0.3, 0.4) is 0 Å². The van der Waals surface area contributed by atoms with Gasteiger partial charge < -0.3 is 10.6 Å². The molecule has 2 aromatic heterocycles. The Hall–Kier alpha value is -2.97. The van der Waals surface area contributed by atoms with Crippen LogP contribution < -0.4 is 10.6 Å². The van der Waals surface area contributed by atoms with E-state index in [1.807, 2.05) is 13.1 Å². The maximum atomic E-state index is 12.1. The first-order valence-corrected chi connectivity index (χ1v) is 7.25. The third-order valence-corrected chi connectivity index (χ3v) is 3.59. The Morgan fingerprint density at radius 3 is 2.96 bits per heavy atom. The molecule has 3 rings (SSSR count). The Kier molecular flexibility index (Phi) is 3.92. The number of imidazole rings is 1. The van der Waals surface area contributed by atoms with E-state index in [2.05, 4.69) is 20.6 Å². The number of fused-ring (bicyclic) bond motifs is 1. The van der Waals surface area contributed by atoms with E-state index < -0.39 is 17.8 Å². The van der Waals surface area contributed by atoms with E-state index in [1.165, 1.54) is 0 Å². The first-order chi connectivity index (χ1) is 11.1. The number of rotatable bonds is 5. The lowest BCUT2D eigenvalue weighted by Gasteiger charge is -2.17. The second-order valence-corrected chi connectivity index (χ2v) is 5.16. The number of aromatic nitrogens is 3. The number of urea groups is 1. The largest absolute Gasteiger partial charge is 0.346 e. The minimum Gasteiger partial charge on any atom is -0.346 e. The van der Waals surface area contributed by atoms with Crippen molar-refractivity contribution in [3.8, 4) is 0 Å². The van der Waals surface area contributed by atoms with Gasteiger partial charge in [-0.25, -0.2) is 14.8 Å². The van der Waals surface area contributed by atoms with E-state index in [4.69, 9.17) is 0 Å². The molecule has 0 saturated carbocycles. The van der Waals surface area contributed by atoms with Crippen LogP contribution in [0.4, 0.5) is 4.79 Å². The molecule has 120 valence electrons. The van der Waals surface area contributed by atoms with Gasteiger partial charge in [0, 0.05) is 18.6 Å². The number of nitrogens with one attached hydrogen (secondary N) is 2. The molecule has 1 aliphatic heterocycles. The molecule has 0 bridgehead atoms. The summed E-state index contributed by atoms with van der Waals surface area (Å²) >= 11 is 0. The van der Waals surface area contributed by atoms with Gasteiger partial charge in [0.15, 0.2) is 0 Å². The van der Waals surface area contributed by atoms with E-state index in [0.717, 1.165) is 4.90 Å². The number of hydrogen-bond donors (Lipinski definition) is 2. The molecule has 1 fully saturated rings. The van der Waals surface area contributed by atoms with Crippen molar-refractivity contribution in [3.63, 3.8) is 0 Å². The normalized spacial score (nSPS) is 15.8. The molecule has 9 nitrogen and oxygen atoms in total. The third kappa shape index (κ3) is 2.98. The molecule has 1 aliphatic rings. The van der Waals surface area contributed by atoms with Crippen LogP contribution in [-0.2, 0) is 9.59 Å². The van der Waals surface area contributed by atoms with Gasteiger partial charge in [-0.15, -0.1) is 0 Å². The summed E-state index contributed by atoms with van der Waals surface area (Å²) in [5, 5.41) is 5.17. The van der Waals surface area contributed by atoms with E-state index in [0.29, 0.717) is 17.9 Å². The number of nitrogens with zero attached hydrogens (tertiary/aromatic N) is 4. The summed E-state index contributed by atoms with van der Waals surface area (Å²) in [6.45, 7) is 1.55. The highest BCUT2D eigenvalue weighted by Gasteiger charge is 2.30. The zero-order chi connectivity index (χ0) is 16.4. The monoisotopic (exact) mass is 316 g/mol. The van der Waals surface area contributed by atoms with Crippen molar-refractivity contribution in [2.24, 2.45) is 0 Å². The fourth-order valence-corrected chi connectivity index (χ4v) is 2.40. The van der Waals surface area contributed by atoms with Crippen LogP contribution >= 0.6 is 0 Å². The topological polar surface area (TPSA) is 109 Å². The van der Waals surface area contributed by atoms with Crippen molar-refractivity contribution < 1.29 is 14.4 Å². The molecular weight excluding hydrogens is 300 g/mol. The lowest BCUT2D eigenvalue weighted by molar-refractivity contribution is -0.131. The molecule has 2 N–H and O–H groups in total. The van der Waals surface area contributed by atoms with Crippen LogP contribution in [0.15, 0.2) is 24.7 Å². The SMILES string of the molecule is CC[C@@H](NC(=O)CN1C(=O)CNC1=O)c1cn2cccnc2n1. The molecule has 3 heterocycles. The van der Waals surface area contributed by atoms with Gasteiger partial charge in [0.1, 0.15) is 6.54 Å². The van der Waals surface area contributed by atoms with Gasteiger partial charge in [-0.05, 0) is 12.5 Å². The summed E-state index contributed by atoms with van der Waals surface area (Å²) < 4.78 is 1.77. The molecular formula is C14H16N6O3. The van der Waals surface area contributed by atoms with Crippen LogP contribution in [0, 0.1) is 0 Å². The summed E-state index contributed by atoms with van der Waals surface area (Å²) in [5.41, 5.74) is 0.678. The zero-order valence-corrected chi connectivity index (χ0v) is 12.5. The highest BCUT2D eigenvalue weighted by molar-refractivity contribution is 6.04. The van der Waals surface area contributed by atoms with Crippen molar-refractivity contribution in [2.45, 2.75) is 19.4 Å². The van der Waals surface area contributed by atoms with Crippen molar-refractivity contribution in [3.05, 3.63) is 30.4 Å². The van der Waals surface area contributed by atoms with Crippen molar-refractivity contribution in [1.82, 2.24) is 29.9 Å². The number of imide groups is 1. The fraction of sp³-hybridized carbons (Fsp3) is 0.357. The van der Waals surface area contributed by atoms with Gasteiger partial charge in [0.05, 0.1) is 18.3 Å². The van der Waals surface area contributed by atoms with Gasteiger partial charge in [-0.1, -0.05) is 6.92 Å². The Bertz CT molecular complexity index is 722. The minimum absolute atomic E-state index is 0.0680. The zero-order valence-electron chi connectivity index (χ0n) is 12.5. The highest BCUT2D eigenvalue weighted by atomic mass is 16.2. The maximum absolute atomic E-state index is 12.1. The van der Waals surface area contributed by atoms with E-state index in [-0.39, 0.29) is 19.1 Å². The Morgan fingerprint density at radius 1 is 1.48 bits per heavy atom. The second-order valence-electron chi connectivity index (χ2n) is 5.16. The molecule has 0 unspecified atom stereocenters. The van der Waals surface area contributed by atoms with Crippen LogP contribution in [0.5, 0.6) is 0 Å². The Morgan fingerprint density at radius 2 is 2.30 bits per heavy atom. The van der Waals surface area contributed by atoms with Crippen molar-refractivity contribution in [1.29, 1.82) is 0 Å². The number of hydrogen-bond acceptors (Lipinski definition) is 5. The Balaban J connectivity index is 1.70. The van der Waals surface area contributed by atoms with Crippen molar-refractivity contribution >= 4 is 23.6 Å². The lowest BCUT2D eigenvalue weighted by atomic mass is 10.1. The standard InChI is InChI=1S/C14H16N6O3/c1-2-9(10-7-19-5-3-4-15-13(19)18-10)17-11(21)8-20-12(22)6-16-14(20)23/h3-5,7,9H,2,6,8H2,1H3,(H,16,23)(H,17,21)/t9-/m1/s1. The summed E-state index contributed by atoms with van der Waals surface area (Å²) in [6, 6.07) is 0.926. The molecule has 23 heavy (non-hydrogen) atoms. The first-order valence-electron chi connectivity index (χ1n) is 7.25. The second kappa shape index (κ2) is 6.03.